The third-order valence-electron chi connectivity index (χ3n) is 9.28. The largest absolute Gasteiger partial charge is 0.335 e. The van der Waals surface area contributed by atoms with Crippen LogP contribution in [-0.4, -0.2) is 10.1 Å². The van der Waals surface area contributed by atoms with E-state index < -0.39 is 0 Å². The number of hydrogen-bond acceptors (Lipinski definition) is 1. The Morgan fingerprint density at radius 3 is 2.20 bits per heavy atom. The third-order valence-corrected chi connectivity index (χ3v) is 9.28. The first kappa shape index (κ1) is 23.3. The summed E-state index contributed by atoms with van der Waals surface area (Å²) in [7, 11) is 0. The van der Waals surface area contributed by atoms with Gasteiger partial charge in [-0.3, -0.25) is 0 Å². The number of allylic oxidation sites excluding steroid dienone is 6. The number of fused-ring (bicyclic) bond motifs is 6. The summed E-state index contributed by atoms with van der Waals surface area (Å²) in [5, 5.41) is 2.60. The third kappa shape index (κ3) is 3.29. The fourth-order valence-corrected chi connectivity index (χ4v) is 7.42. The summed E-state index contributed by atoms with van der Waals surface area (Å²) < 4.78 is 2.41. The lowest BCUT2D eigenvalue weighted by atomic mass is 9.80. The summed E-state index contributed by atoms with van der Waals surface area (Å²) >= 11 is 0. The smallest absolute Gasteiger partial charge is 0.0709 e. The molecule has 4 aromatic carbocycles. The molecule has 0 saturated heterocycles. The van der Waals surface area contributed by atoms with Crippen LogP contribution in [-0.2, 0) is 0 Å². The highest BCUT2D eigenvalue weighted by Gasteiger charge is 2.47. The fraction of sp³-hybridized carbons (Fsp3) is 0.158. The van der Waals surface area contributed by atoms with Gasteiger partial charge in [0.25, 0.3) is 0 Å². The molecule has 2 unspecified atom stereocenters. The van der Waals surface area contributed by atoms with Crippen LogP contribution in [0.2, 0.25) is 0 Å². The highest BCUT2D eigenvalue weighted by Crippen LogP contribution is 2.53. The van der Waals surface area contributed by atoms with E-state index >= 15 is 0 Å². The van der Waals surface area contributed by atoms with Crippen molar-refractivity contribution in [2.75, 3.05) is 4.90 Å². The van der Waals surface area contributed by atoms with E-state index in [-0.39, 0.29) is 5.54 Å². The van der Waals surface area contributed by atoms with Crippen molar-refractivity contribution >= 4 is 33.1 Å². The van der Waals surface area contributed by atoms with Gasteiger partial charge in [-0.25, -0.2) is 0 Å². The van der Waals surface area contributed by atoms with Crippen LogP contribution in [0.4, 0.5) is 5.69 Å². The minimum atomic E-state index is -0.0600. The van der Waals surface area contributed by atoms with Crippen molar-refractivity contribution < 1.29 is 0 Å². The molecular weight excluding hydrogens is 484 g/mol. The van der Waals surface area contributed by atoms with Crippen LogP contribution in [0, 0.1) is 6.92 Å². The molecule has 194 valence electrons. The number of anilines is 1. The van der Waals surface area contributed by atoms with E-state index in [4.69, 9.17) is 0 Å². The van der Waals surface area contributed by atoms with Crippen LogP contribution in [0.3, 0.4) is 0 Å². The number of nitrogens with zero attached hydrogens (tertiary/aromatic N) is 2. The van der Waals surface area contributed by atoms with Gasteiger partial charge in [-0.05, 0) is 85.4 Å². The maximum atomic E-state index is 2.60. The molecule has 1 aliphatic heterocycles. The summed E-state index contributed by atoms with van der Waals surface area (Å²) in [5.41, 5.74) is 11.9. The van der Waals surface area contributed by atoms with Crippen LogP contribution in [0.25, 0.3) is 33.1 Å². The highest BCUT2D eigenvalue weighted by atomic mass is 15.2. The molecule has 0 fully saturated rings. The van der Waals surface area contributed by atoms with Crippen molar-refractivity contribution in [2.24, 2.45) is 0 Å². The molecule has 2 heteroatoms. The van der Waals surface area contributed by atoms with Gasteiger partial charge >= 0.3 is 0 Å². The lowest BCUT2D eigenvalue weighted by Crippen LogP contribution is -2.44. The predicted molar refractivity (Wildman–Crippen MR) is 169 cm³/mol. The molecule has 2 heterocycles. The number of para-hydroxylation sites is 3. The van der Waals surface area contributed by atoms with E-state index in [1.807, 2.05) is 0 Å². The van der Waals surface area contributed by atoms with Crippen LogP contribution < -0.4 is 4.90 Å². The lowest BCUT2D eigenvalue weighted by Gasteiger charge is -2.41. The second kappa shape index (κ2) is 8.72. The van der Waals surface area contributed by atoms with Crippen molar-refractivity contribution in [3.05, 3.63) is 150 Å². The summed E-state index contributed by atoms with van der Waals surface area (Å²) in [6.45, 7) is 4.64. The summed E-state index contributed by atoms with van der Waals surface area (Å²) in [6.07, 6.45) is 16.0. The quantitative estimate of drug-likeness (QED) is 0.232. The number of rotatable bonds is 3. The summed E-state index contributed by atoms with van der Waals surface area (Å²) in [5.74, 6) is 0.385. The number of benzene rings is 4. The van der Waals surface area contributed by atoms with Gasteiger partial charge < -0.3 is 9.47 Å². The average Bonchev–Trinajstić information content (AvgIpc) is 3.47. The molecule has 0 saturated carbocycles. The van der Waals surface area contributed by atoms with Gasteiger partial charge in [0.1, 0.15) is 0 Å². The zero-order chi connectivity index (χ0) is 26.8. The van der Waals surface area contributed by atoms with Crippen molar-refractivity contribution in [1.29, 1.82) is 0 Å². The van der Waals surface area contributed by atoms with Crippen molar-refractivity contribution in [2.45, 2.75) is 38.1 Å². The van der Waals surface area contributed by atoms with E-state index in [9.17, 15) is 0 Å². The van der Waals surface area contributed by atoms with E-state index in [1.165, 1.54) is 61.1 Å². The topological polar surface area (TPSA) is 8.17 Å². The molecule has 3 aliphatic rings. The normalized spacial score (nSPS) is 21.4. The molecule has 2 atom stereocenters. The zero-order valence-corrected chi connectivity index (χ0v) is 23.0. The predicted octanol–water partition coefficient (Wildman–Crippen LogP) is 9.64. The van der Waals surface area contributed by atoms with E-state index in [0.717, 1.165) is 12.8 Å². The Bertz CT molecular complexity index is 1890. The Labute approximate surface area is 235 Å². The molecule has 1 aromatic heterocycles. The summed E-state index contributed by atoms with van der Waals surface area (Å²) in [4.78, 5) is 2.60. The summed E-state index contributed by atoms with van der Waals surface area (Å²) in [6, 6.07) is 33.4. The molecule has 2 aliphatic carbocycles. The number of hydrogen-bond donors (Lipinski definition) is 0. The number of aryl methyl sites for hydroxylation is 1. The highest BCUT2D eigenvalue weighted by molar-refractivity contribution is 6.09. The minimum absolute atomic E-state index is 0.0600. The van der Waals surface area contributed by atoms with E-state index in [1.54, 1.807) is 0 Å². The Kier molecular flexibility index (Phi) is 5.09. The van der Waals surface area contributed by atoms with Crippen LogP contribution in [0.5, 0.6) is 0 Å². The monoisotopic (exact) mass is 516 g/mol. The molecule has 40 heavy (non-hydrogen) atoms. The van der Waals surface area contributed by atoms with Crippen molar-refractivity contribution in [1.82, 2.24) is 4.57 Å². The Morgan fingerprint density at radius 1 is 0.750 bits per heavy atom. The Hall–Kier alpha value is -4.56. The Morgan fingerprint density at radius 2 is 1.48 bits per heavy atom. The molecule has 8 rings (SSSR count). The van der Waals surface area contributed by atoms with Gasteiger partial charge in [0.05, 0.1) is 16.6 Å². The second-order valence-electron chi connectivity index (χ2n) is 11.6. The first-order valence-corrected chi connectivity index (χ1v) is 14.4. The zero-order valence-electron chi connectivity index (χ0n) is 23.0. The Balaban J connectivity index is 1.17. The standard InChI is InChI=1S/C38H32N2/c1-26-25-29(39-35-15-6-3-11-31(35)32-12-4-7-16-36(32)39)22-23-30(26)27-18-20-28(21-19-27)40-37-17-8-5-13-33(37)34-14-9-10-24-38(34,40)2/h3-18,20,22-25,34H,19,21H2,1-2H3. The molecule has 0 amide bonds. The lowest BCUT2D eigenvalue weighted by molar-refractivity contribution is 0.520. The number of aromatic nitrogens is 1. The van der Waals surface area contributed by atoms with E-state index in [0.29, 0.717) is 5.92 Å². The average molecular weight is 517 g/mol. The molecule has 2 nitrogen and oxygen atoms in total. The molecule has 0 radical (unpaired) electrons. The van der Waals surface area contributed by atoms with Gasteiger partial charge in [-0.1, -0.05) is 91.0 Å². The van der Waals surface area contributed by atoms with Gasteiger partial charge in [-0.15, -0.1) is 0 Å². The first-order chi connectivity index (χ1) is 19.6. The van der Waals surface area contributed by atoms with Crippen LogP contribution >= 0.6 is 0 Å². The first-order valence-electron chi connectivity index (χ1n) is 14.4. The van der Waals surface area contributed by atoms with Gasteiger partial charge in [0.2, 0.25) is 0 Å². The maximum absolute atomic E-state index is 2.60. The SMILES string of the molecule is Cc1cc(-n2c3ccccc3c3ccccc32)ccc1C1=CC=C(N2c3ccccc3C3C=CC=CC32C)CC1. The van der Waals surface area contributed by atoms with Gasteiger partial charge in [0.15, 0.2) is 0 Å². The van der Waals surface area contributed by atoms with Gasteiger partial charge in [0, 0.05) is 33.8 Å². The van der Waals surface area contributed by atoms with Gasteiger partial charge in [-0.2, -0.15) is 0 Å². The second-order valence-corrected chi connectivity index (χ2v) is 11.6. The molecule has 0 bridgehead atoms. The molecule has 0 spiro atoms. The van der Waals surface area contributed by atoms with Crippen molar-refractivity contribution in [3.8, 4) is 5.69 Å². The van der Waals surface area contributed by atoms with Crippen molar-refractivity contribution in [3.63, 3.8) is 0 Å². The minimum Gasteiger partial charge on any atom is -0.335 e. The van der Waals surface area contributed by atoms with E-state index in [2.05, 4.69) is 151 Å². The fourth-order valence-electron chi connectivity index (χ4n) is 7.42. The van der Waals surface area contributed by atoms with Crippen LogP contribution in [0.1, 0.15) is 42.4 Å². The van der Waals surface area contributed by atoms with Crippen LogP contribution in [0.15, 0.2) is 133 Å². The molecule has 5 aromatic rings. The molecular formula is C38H32N2. The maximum Gasteiger partial charge on any atom is 0.0709 e. The molecule has 0 N–H and O–H groups in total.